The maximum atomic E-state index is 11.4. The quantitative estimate of drug-likeness (QED) is 0.591. The van der Waals surface area contributed by atoms with E-state index < -0.39 is 18.4 Å². The van der Waals surface area contributed by atoms with Crippen LogP contribution in [0.15, 0.2) is 54.6 Å². The van der Waals surface area contributed by atoms with Crippen molar-refractivity contribution in [2.24, 2.45) is 0 Å². The van der Waals surface area contributed by atoms with Gasteiger partial charge in [-0.2, -0.15) is 0 Å². The highest BCUT2D eigenvalue weighted by Crippen LogP contribution is 2.34. The van der Waals surface area contributed by atoms with Crippen molar-refractivity contribution in [2.45, 2.75) is 37.6 Å². The molecule has 3 aromatic rings. The lowest BCUT2D eigenvalue weighted by Crippen LogP contribution is -2.52. The van der Waals surface area contributed by atoms with Crippen molar-refractivity contribution < 1.29 is 15.0 Å². The van der Waals surface area contributed by atoms with Crippen LogP contribution in [-0.4, -0.2) is 44.9 Å². The maximum absolute atomic E-state index is 11.4. The third-order valence-electron chi connectivity index (χ3n) is 5.23. The summed E-state index contributed by atoms with van der Waals surface area (Å²) in [6, 6.07) is 17.5. The molecule has 1 fully saturated rings. The van der Waals surface area contributed by atoms with Gasteiger partial charge in [0.15, 0.2) is 0 Å². The van der Waals surface area contributed by atoms with Gasteiger partial charge in [-0.15, -0.1) is 11.3 Å². The van der Waals surface area contributed by atoms with E-state index in [-0.39, 0.29) is 6.04 Å². The van der Waals surface area contributed by atoms with E-state index in [2.05, 4.69) is 15.2 Å². The SMILES string of the molecule is O=C(O)N[C@H](Cc1ccccc1)N1CCC[C@@H]1C(O)c1nc2ccccc2s1. The number of rotatable bonds is 6. The van der Waals surface area contributed by atoms with Crippen molar-refractivity contribution in [1.29, 1.82) is 0 Å². The number of nitrogens with one attached hydrogen (secondary N) is 1. The fourth-order valence-electron chi connectivity index (χ4n) is 3.95. The molecule has 2 aromatic carbocycles. The monoisotopic (exact) mass is 397 g/mol. The number of amides is 1. The first kappa shape index (κ1) is 18.9. The molecule has 146 valence electrons. The van der Waals surface area contributed by atoms with Gasteiger partial charge < -0.3 is 15.5 Å². The summed E-state index contributed by atoms with van der Waals surface area (Å²) in [6.07, 6.45) is 0.0882. The van der Waals surface area contributed by atoms with Crippen LogP contribution in [0.1, 0.15) is 29.5 Å². The van der Waals surface area contributed by atoms with Crippen LogP contribution in [0.3, 0.4) is 0 Å². The average molecular weight is 398 g/mol. The van der Waals surface area contributed by atoms with Crippen molar-refractivity contribution in [2.75, 3.05) is 6.54 Å². The Morgan fingerprint density at radius 3 is 2.71 bits per heavy atom. The first-order valence-corrected chi connectivity index (χ1v) is 10.3. The summed E-state index contributed by atoms with van der Waals surface area (Å²) in [5, 5.41) is 23.8. The molecule has 7 heteroatoms. The molecular weight excluding hydrogens is 374 g/mol. The molecule has 1 unspecified atom stereocenters. The van der Waals surface area contributed by atoms with E-state index in [1.807, 2.05) is 54.6 Å². The second kappa shape index (κ2) is 8.26. The number of fused-ring (bicyclic) bond motifs is 1. The van der Waals surface area contributed by atoms with Gasteiger partial charge in [0.2, 0.25) is 0 Å². The molecule has 0 bridgehead atoms. The zero-order valence-corrected chi connectivity index (χ0v) is 16.2. The van der Waals surface area contributed by atoms with E-state index in [0.717, 1.165) is 35.2 Å². The van der Waals surface area contributed by atoms with Crippen molar-refractivity contribution in [3.8, 4) is 0 Å². The van der Waals surface area contributed by atoms with Crippen molar-refractivity contribution in [1.82, 2.24) is 15.2 Å². The lowest BCUT2D eigenvalue weighted by atomic mass is 10.1. The Labute approximate surface area is 167 Å². The molecule has 0 radical (unpaired) electrons. The fourth-order valence-corrected chi connectivity index (χ4v) is 4.97. The number of hydrogen-bond donors (Lipinski definition) is 3. The third kappa shape index (κ3) is 4.01. The summed E-state index contributed by atoms with van der Waals surface area (Å²) < 4.78 is 1.05. The number of likely N-dealkylation sites (tertiary alicyclic amines) is 1. The Hall–Kier alpha value is -2.48. The molecule has 0 saturated carbocycles. The fraction of sp³-hybridized carbons (Fsp3) is 0.333. The van der Waals surface area contributed by atoms with Gasteiger partial charge in [0.25, 0.3) is 0 Å². The number of carboxylic acid groups (broad SMARTS) is 1. The van der Waals surface area contributed by atoms with Crippen LogP contribution in [0.5, 0.6) is 0 Å². The minimum absolute atomic E-state index is 0.166. The Bertz CT molecular complexity index is 913. The molecule has 1 aliphatic rings. The van der Waals surface area contributed by atoms with Gasteiger partial charge in [-0.1, -0.05) is 42.5 Å². The second-order valence-electron chi connectivity index (χ2n) is 7.07. The first-order valence-electron chi connectivity index (χ1n) is 9.44. The number of aromatic nitrogens is 1. The number of benzene rings is 2. The Balaban J connectivity index is 1.57. The molecule has 3 N–H and O–H groups in total. The topological polar surface area (TPSA) is 85.7 Å². The summed E-state index contributed by atoms with van der Waals surface area (Å²) in [6.45, 7) is 0.740. The zero-order chi connectivity index (χ0) is 19.5. The van der Waals surface area contributed by atoms with Gasteiger partial charge in [-0.25, -0.2) is 9.78 Å². The van der Waals surface area contributed by atoms with E-state index in [4.69, 9.17) is 0 Å². The van der Waals surface area contributed by atoms with Gasteiger partial charge in [0.05, 0.1) is 16.4 Å². The highest BCUT2D eigenvalue weighted by molar-refractivity contribution is 7.18. The van der Waals surface area contributed by atoms with Gasteiger partial charge in [-0.05, 0) is 30.5 Å². The highest BCUT2D eigenvalue weighted by atomic mass is 32.1. The lowest BCUT2D eigenvalue weighted by Gasteiger charge is -2.34. The van der Waals surface area contributed by atoms with Gasteiger partial charge in [0.1, 0.15) is 11.1 Å². The Morgan fingerprint density at radius 2 is 1.96 bits per heavy atom. The summed E-state index contributed by atoms with van der Waals surface area (Å²) in [7, 11) is 0. The van der Waals surface area contributed by atoms with Crippen molar-refractivity contribution in [3.63, 3.8) is 0 Å². The summed E-state index contributed by atoms with van der Waals surface area (Å²) in [4.78, 5) is 18.1. The number of aliphatic hydroxyl groups is 1. The number of nitrogens with zero attached hydrogens (tertiary/aromatic N) is 2. The Morgan fingerprint density at radius 1 is 1.21 bits per heavy atom. The van der Waals surface area contributed by atoms with Crippen LogP contribution < -0.4 is 5.32 Å². The van der Waals surface area contributed by atoms with Crippen LogP contribution in [0.4, 0.5) is 4.79 Å². The third-order valence-corrected chi connectivity index (χ3v) is 6.34. The first-order chi connectivity index (χ1) is 13.6. The van der Waals surface area contributed by atoms with Gasteiger partial charge in [-0.3, -0.25) is 4.90 Å². The lowest BCUT2D eigenvalue weighted by molar-refractivity contribution is 0.0396. The summed E-state index contributed by atoms with van der Waals surface area (Å²) in [5.74, 6) is 0. The zero-order valence-electron chi connectivity index (χ0n) is 15.4. The second-order valence-corrected chi connectivity index (χ2v) is 8.13. The molecular formula is C21H23N3O3S. The van der Waals surface area contributed by atoms with E-state index in [1.165, 1.54) is 11.3 Å². The van der Waals surface area contributed by atoms with Gasteiger partial charge >= 0.3 is 6.09 Å². The van der Waals surface area contributed by atoms with E-state index in [9.17, 15) is 15.0 Å². The number of aliphatic hydroxyl groups excluding tert-OH is 1. The summed E-state index contributed by atoms with van der Waals surface area (Å²) >= 11 is 1.50. The van der Waals surface area contributed by atoms with Crippen LogP contribution in [0.25, 0.3) is 10.2 Å². The summed E-state index contributed by atoms with van der Waals surface area (Å²) in [5.41, 5.74) is 1.94. The number of hydrogen-bond acceptors (Lipinski definition) is 5. The minimum Gasteiger partial charge on any atom is -0.465 e. The molecule has 0 aliphatic carbocycles. The molecule has 4 rings (SSSR count). The number of carbonyl (C=O) groups is 1. The number of para-hydroxylation sites is 1. The van der Waals surface area contributed by atoms with Crippen molar-refractivity contribution in [3.05, 3.63) is 65.2 Å². The molecule has 6 nitrogen and oxygen atoms in total. The molecule has 1 aliphatic heterocycles. The smallest absolute Gasteiger partial charge is 0.405 e. The standard InChI is InChI=1S/C21H23N3O3S/c25-19(20-22-15-9-4-5-11-17(15)28-20)16-10-6-12-24(16)18(23-21(26)27)13-14-7-2-1-3-8-14/h1-5,7-9,11,16,18-19,23,25H,6,10,12-13H2,(H,26,27)/t16-,18+,19?/m1/s1. The van der Waals surface area contributed by atoms with Crippen LogP contribution >= 0.6 is 11.3 Å². The predicted octanol–water partition coefficient (Wildman–Crippen LogP) is 3.63. The van der Waals surface area contributed by atoms with Crippen molar-refractivity contribution >= 4 is 27.6 Å². The molecule has 1 amide bonds. The molecule has 1 aromatic heterocycles. The predicted molar refractivity (Wildman–Crippen MR) is 109 cm³/mol. The molecule has 28 heavy (non-hydrogen) atoms. The maximum Gasteiger partial charge on any atom is 0.405 e. The van der Waals surface area contributed by atoms with E-state index >= 15 is 0 Å². The van der Waals surface area contributed by atoms with Crippen LogP contribution in [-0.2, 0) is 6.42 Å². The Kier molecular flexibility index (Phi) is 5.57. The molecule has 1 saturated heterocycles. The van der Waals surface area contributed by atoms with E-state index in [0.29, 0.717) is 11.4 Å². The number of thiazole rings is 1. The van der Waals surface area contributed by atoms with Crippen LogP contribution in [0, 0.1) is 0 Å². The molecule has 3 atom stereocenters. The normalized spacial score (nSPS) is 19.5. The minimum atomic E-state index is -1.05. The molecule has 0 spiro atoms. The van der Waals surface area contributed by atoms with E-state index in [1.54, 1.807) is 0 Å². The highest BCUT2D eigenvalue weighted by Gasteiger charge is 2.37. The average Bonchev–Trinajstić information content (AvgIpc) is 3.34. The van der Waals surface area contributed by atoms with Gasteiger partial charge in [0, 0.05) is 19.0 Å². The molecule has 2 heterocycles. The largest absolute Gasteiger partial charge is 0.465 e. The van der Waals surface area contributed by atoms with Crippen LogP contribution in [0.2, 0.25) is 0 Å².